The molecule has 5 nitrogen and oxygen atoms in total. The standard InChI is InChI=1S/C19H21F3N2O3/c1-3-27-18(26)15(13(2)24-11-7-8-12-24)17(25)23-16(19(20,21)22)14-9-5-4-6-10-14/h4-6,9-10H,3,7-8,11-12H2,1-2H3/b15-13+,23-16?. The maximum atomic E-state index is 13.5. The van der Waals surface area contributed by atoms with Crippen molar-refractivity contribution in [3.63, 3.8) is 0 Å². The molecule has 0 saturated carbocycles. The number of likely N-dealkylation sites (tertiary alicyclic amines) is 1. The molecule has 146 valence electrons. The summed E-state index contributed by atoms with van der Waals surface area (Å²) in [6, 6.07) is 6.81. The van der Waals surface area contributed by atoms with Gasteiger partial charge in [0.1, 0.15) is 5.57 Å². The van der Waals surface area contributed by atoms with Crippen LogP contribution in [0.15, 0.2) is 46.6 Å². The van der Waals surface area contributed by atoms with E-state index in [1.54, 1.807) is 17.9 Å². The molecule has 1 fully saturated rings. The van der Waals surface area contributed by atoms with Gasteiger partial charge >= 0.3 is 12.1 Å². The van der Waals surface area contributed by atoms with Crippen molar-refractivity contribution in [3.8, 4) is 0 Å². The number of hydrogen-bond acceptors (Lipinski definition) is 4. The number of allylic oxidation sites excluding steroid dienone is 1. The molecule has 1 aliphatic heterocycles. The third kappa shape index (κ3) is 5.18. The quantitative estimate of drug-likeness (QED) is 0.257. The predicted molar refractivity (Wildman–Crippen MR) is 94.2 cm³/mol. The first-order valence-corrected chi connectivity index (χ1v) is 8.64. The Balaban J connectivity index is 2.51. The Morgan fingerprint density at radius 2 is 1.74 bits per heavy atom. The number of nitrogens with zero attached hydrogens (tertiary/aromatic N) is 2. The van der Waals surface area contributed by atoms with E-state index < -0.39 is 29.3 Å². The molecule has 0 unspecified atom stereocenters. The van der Waals surface area contributed by atoms with Crippen LogP contribution in [0, 0.1) is 0 Å². The van der Waals surface area contributed by atoms with Gasteiger partial charge in [0, 0.05) is 24.4 Å². The first-order chi connectivity index (χ1) is 12.8. The minimum atomic E-state index is -4.85. The second-order valence-electron chi connectivity index (χ2n) is 6.00. The van der Waals surface area contributed by atoms with Crippen LogP contribution in [-0.2, 0) is 14.3 Å². The second kappa shape index (κ2) is 8.83. The molecule has 1 aromatic rings. The van der Waals surface area contributed by atoms with Gasteiger partial charge in [-0.25, -0.2) is 9.79 Å². The summed E-state index contributed by atoms with van der Waals surface area (Å²) in [4.78, 5) is 30.0. The lowest BCUT2D eigenvalue weighted by Crippen LogP contribution is -2.29. The zero-order valence-electron chi connectivity index (χ0n) is 15.2. The van der Waals surface area contributed by atoms with E-state index in [1.165, 1.54) is 31.2 Å². The predicted octanol–water partition coefficient (Wildman–Crippen LogP) is 3.50. The van der Waals surface area contributed by atoms with Gasteiger partial charge in [0.05, 0.1) is 6.61 Å². The molecule has 1 aliphatic rings. The average molecular weight is 382 g/mol. The van der Waals surface area contributed by atoms with E-state index in [0.29, 0.717) is 13.1 Å². The average Bonchev–Trinajstić information content (AvgIpc) is 3.14. The van der Waals surface area contributed by atoms with E-state index in [-0.39, 0.29) is 17.9 Å². The van der Waals surface area contributed by atoms with Gasteiger partial charge in [-0.15, -0.1) is 0 Å². The maximum Gasteiger partial charge on any atom is 0.434 e. The minimum absolute atomic E-state index is 0.00256. The lowest BCUT2D eigenvalue weighted by atomic mass is 10.1. The fourth-order valence-corrected chi connectivity index (χ4v) is 2.85. The van der Waals surface area contributed by atoms with Gasteiger partial charge in [0.2, 0.25) is 0 Å². The van der Waals surface area contributed by atoms with Gasteiger partial charge < -0.3 is 9.64 Å². The number of carbonyl (C=O) groups excluding carboxylic acids is 2. The molecule has 1 amide bonds. The molecular weight excluding hydrogens is 361 g/mol. The summed E-state index contributed by atoms with van der Waals surface area (Å²) in [5.41, 5.74) is -1.77. The van der Waals surface area contributed by atoms with Gasteiger partial charge in [-0.1, -0.05) is 30.3 Å². The van der Waals surface area contributed by atoms with Gasteiger partial charge in [0.25, 0.3) is 5.91 Å². The molecule has 0 radical (unpaired) electrons. The number of aliphatic imine (C=N–C) groups is 1. The summed E-state index contributed by atoms with van der Waals surface area (Å²) in [6.07, 6.45) is -3.09. The van der Waals surface area contributed by atoms with Crippen molar-refractivity contribution in [3.05, 3.63) is 47.2 Å². The number of halogens is 3. The zero-order valence-corrected chi connectivity index (χ0v) is 15.2. The minimum Gasteiger partial charge on any atom is -0.462 e. The first-order valence-electron chi connectivity index (χ1n) is 8.64. The van der Waals surface area contributed by atoms with Gasteiger partial charge in [-0.2, -0.15) is 13.2 Å². The van der Waals surface area contributed by atoms with Crippen LogP contribution < -0.4 is 0 Å². The SMILES string of the molecule is CCOC(=O)/C(C(=O)N=C(c1ccccc1)C(F)(F)F)=C(\C)N1CCCC1. The Labute approximate surface area is 155 Å². The smallest absolute Gasteiger partial charge is 0.434 e. The van der Waals surface area contributed by atoms with Crippen LogP contribution in [0.25, 0.3) is 0 Å². The summed E-state index contributed by atoms with van der Waals surface area (Å²) in [7, 11) is 0. The number of rotatable bonds is 5. The maximum absolute atomic E-state index is 13.5. The summed E-state index contributed by atoms with van der Waals surface area (Å²) in [5, 5.41) is 0. The topological polar surface area (TPSA) is 59.0 Å². The third-order valence-corrected chi connectivity index (χ3v) is 4.16. The Morgan fingerprint density at radius 3 is 2.26 bits per heavy atom. The Morgan fingerprint density at radius 1 is 1.15 bits per heavy atom. The van der Waals surface area contributed by atoms with Crippen molar-refractivity contribution in [2.24, 2.45) is 4.99 Å². The van der Waals surface area contributed by atoms with Crippen LogP contribution in [0.2, 0.25) is 0 Å². The number of alkyl halides is 3. The number of amides is 1. The van der Waals surface area contributed by atoms with Crippen LogP contribution in [0.3, 0.4) is 0 Å². The second-order valence-corrected chi connectivity index (χ2v) is 6.00. The molecule has 0 N–H and O–H groups in total. The van der Waals surface area contributed by atoms with Crippen molar-refractivity contribution >= 4 is 17.6 Å². The van der Waals surface area contributed by atoms with Gasteiger partial charge in [-0.3, -0.25) is 4.79 Å². The summed E-state index contributed by atoms with van der Waals surface area (Å²) < 4.78 is 45.2. The first kappa shape index (κ1) is 20.7. The molecule has 0 bridgehead atoms. The van der Waals surface area contributed by atoms with E-state index in [4.69, 9.17) is 4.74 Å². The third-order valence-electron chi connectivity index (χ3n) is 4.16. The van der Waals surface area contributed by atoms with Crippen LogP contribution in [0.1, 0.15) is 32.3 Å². The molecule has 0 spiro atoms. The summed E-state index contributed by atoms with van der Waals surface area (Å²) >= 11 is 0. The highest BCUT2D eigenvalue weighted by molar-refractivity contribution is 6.22. The van der Waals surface area contributed by atoms with Crippen molar-refractivity contribution in [1.29, 1.82) is 0 Å². The molecule has 0 aliphatic carbocycles. The fraction of sp³-hybridized carbons (Fsp3) is 0.421. The molecule has 2 rings (SSSR count). The Kier molecular flexibility index (Phi) is 6.76. The fourth-order valence-electron chi connectivity index (χ4n) is 2.85. The molecule has 1 heterocycles. The van der Waals surface area contributed by atoms with E-state index in [1.807, 2.05) is 0 Å². The highest BCUT2D eigenvalue weighted by atomic mass is 19.4. The van der Waals surface area contributed by atoms with Crippen molar-refractivity contribution in [1.82, 2.24) is 4.90 Å². The molecule has 8 heteroatoms. The largest absolute Gasteiger partial charge is 0.462 e. The molecule has 1 saturated heterocycles. The Hall–Kier alpha value is -2.64. The van der Waals surface area contributed by atoms with Crippen LogP contribution in [-0.4, -0.2) is 48.4 Å². The summed E-state index contributed by atoms with van der Waals surface area (Å²) in [5.74, 6) is -2.22. The lowest BCUT2D eigenvalue weighted by molar-refractivity contribution is -0.140. The van der Waals surface area contributed by atoms with E-state index in [9.17, 15) is 22.8 Å². The van der Waals surface area contributed by atoms with E-state index in [0.717, 1.165) is 12.8 Å². The molecule has 1 aromatic carbocycles. The highest BCUT2D eigenvalue weighted by Crippen LogP contribution is 2.25. The van der Waals surface area contributed by atoms with Crippen LogP contribution in [0.5, 0.6) is 0 Å². The van der Waals surface area contributed by atoms with Crippen LogP contribution >= 0.6 is 0 Å². The lowest BCUT2D eigenvalue weighted by Gasteiger charge is -2.20. The molecule has 27 heavy (non-hydrogen) atoms. The molecule has 0 aromatic heterocycles. The number of hydrogen-bond donors (Lipinski definition) is 0. The number of benzene rings is 1. The van der Waals surface area contributed by atoms with E-state index in [2.05, 4.69) is 4.99 Å². The number of esters is 1. The number of ether oxygens (including phenoxy) is 1. The van der Waals surface area contributed by atoms with Crippen molar-refractivity contribution in [2.45, 2.75) is 32.9 Å². The van der Waals surface area contributed by atoms with Crippen molar-refractivity contribution in [2.75, 3.05) is 19.7 Å². The Bertz CT molecular complexity index is 749. The zero-order chi connectivity index (χ0) is 20.0. The van der Waals surface area contributed by atoms with Gasteiger partial charge in [0.15, 0.2) is 5.71 Å². The van der Waals surface area contributed by atoms with Crippen molar-refractivity contribution < 1.29 is 27.5 Å². The highest BCUT2D eigenvalue weighted by Gasteiger charge is 2.38. The van der Waals surface area contributed by atoms with E-state index >= 15 is 0 Å². The number of carbonyl (C=O) groups is 2. The monoisotopic (exact) mass is 382 g/mol. The summed E-state index contributed by atoms with van der Waals surface area (Å²) in [6.45, 7) is 4.32. The van der Waals surface area contributed by atoms with Crippen LogP contribution in [0.4, 0.5) is 13.2 Å². The van der Waals surface area contributed by atoms with Gasteiger partial charge in [-0.05, 0) is 26.7 Å². The normalized spacial score (nSPS) is 16.2. The molecular formula is C19H21F3N2O3. The molecule has 0 atom stereocenters.